The molecule has 0 aliphatic carbocycles. The van der Waals surface area contributed by atoms with Crippen molar-refractivity contribution in [2.45, 2.75) is 51.7 Å². The molecule has 0 aromatic heterocycles. The summed E-state index contributed by atoms with van der Waals surface area (Å²) in [6.45, 7) is 5.28. The first-order valence-electron chi connectivity index (χ1n) is 7.77. The Morgan fingerprint density at radius 3 is 2.33 bits per heavy atom. The normalized spacial score (nSPS) is 21.5. The van der Waals surface area contributed by atoms with Crippen LogP contribution < -0.4 is 0 Å². The number of carbonyl (C=O) groups is 3. The summed E-state index contributed by atoms with van der Waals surface area (Å²) in [6, 6.07) is 1.06. The van der Waals surface area contributed by atoms with Crippen LogP contribution in [0.25, 0.3) is 0 Å². The first-order valence-corrected chi connectivity index (χ1v) is 7.77. The molecule has 0 radical (unpaired) electrons. The number of hydrogen-bond acceptors (Lipinski definition) is 3. The topological polar surface area (TPSA) is 57.7 Å². The minimum atomic E-state index is -1.09. The van der Waals surface area contributed by atoms with E-state index < -0.39 is 35.0 Å². The van der Waals surface area contributed by atoms with Gasteiger partial charge < -0.3 is 4.90 Å². The van der Waals surface area contributed by atoms with E-state index in [1.165, 1.54) is 9.80 Å². The molecule has 0 N–H and O–H groups in total. The summed E-state index contributed by atoms with van der Waals surface area (Å²) in [6.07, 6.45) is 0.367. The van der Waals surface area contributed by atoms with Gasteiger partial charge in [-0.2, -0.15) is 0 Å². The summed E-state index contributed by atoms with van der Waals surface area (Å²) >= 11 is 0. The number of piperidine rings is 1. The standard InChI is InChI=1S/C17H18F2N2O3/c1-17(2,3)21-14(22)5-4-13(16(21)24)20-8-9-6-11(18)12(19)7-10(9)15(20)23/h6-7,13H,4-5,8H2,1-3H3. The molecule has 3 amide bonds. The molecule has 1 fully saturated rings. The average molecular weight is 336 g/mol. The number of benzene rings is 1. The van der Waals surface area contributed by atoms with Gasteiger partial charge in [0.15, 0.2) is 11.6 Å². The number of hydrogen-bond donors (Lipinski definition) is 0. The fourth-order valence-electron chi connectivity index (χ4n) is 3.34. The maximum Gasteiger partial charge on any atom is 0.255 e. The van der Waals surface area contributed by atoms with E-state index in [4.69, 9.17) is 0 Å². The van der Waals surface area contributed by atoms with Crippen LogP contribution in [-0.2, 0) is 16.1 Å². The molecule has 2 heterocycles. The van der Waals surface area contributed by atoms with Crippen LogP contribution in [0.15, 0.2) is 12.1 Å². The molecule has 1 aromatic rings. The number of amides is 3. The van der Waals surface area contributed by atoms with Gasteiger partial charge in [-0.1, -0.05) is 0 Å². The molecule has 1 saturated heterocycles. The largest absolute Gasteiger partial charge is 0.322 e. The molecule has 7 heteroatoms. The zero-order valence-electron chi connectivity index (χ0n) is 13.7. The minimum Gasteiger partial charge on any atom is -0.322 e. The Labute approximate surface area is 138 Å². The van der Waals surface area contributed by atoms with E-state index in [0.29, 0.717) is 5.56 Å². The summed E-state index contributed by atoms with van der Waals surface area (Å²) in [5, 5.41) is 0. The lowest BCUT2D eigenvalue weighted by Gasteiger charge is -2.41. The molecule has 2 aliphatic rings. The number of fused-ring (bicyclic) bond motifs is 1. The Balaban J connectivity index is 1.92. The Morgan fingerprint density at radius 2 is 1.71 bits per heavy atom. The monoisotopic (exact) mass is 336 g/mol. The van der Waals surface area contributed by atoms with E-state index in [2.05, 4.69) is 0 Å². The predicted octanol–water partition coefficient (Wildman–Crippen LogP) is 2.24. The number of rotatable bonds is 1. The van der Waals surface area contributed by atoms with Crippen molar-refractivity contribution in [1.82, 2.24) is 9.80 Å². The number of imide groups is 1. The van der Waals surface area contributed by atoms with Gasteiger partial charge in [0.1, 0.15) is 6.04 Å². The first kappa shape index (κ1) is 16.5. The lowest BCUT2D eigenvalue weighted by atomic mass is 9.96. The van der Waals surface area contributed by atoms with Crippen LogP contribution in [0.5, 0.6) is 0 Å². The van der Waals surface area contributed by atoms with E-state index in [-0.39, 0.29) is 30.9 Å². The molecular formula is C17H18F2N2O3. The number of carbonyl (C=O) groups excluding carboxylic acids is 3. The number of halogens is 2. The van der Waals surface area contributed by atoms with Crippen LogP contribution in [0.1, 0.15) is 49.5 Å². The molecule has 0 saturated carbocycles. The summed E-state index contributed by atoms with van der Waals surface area (Å²) in [5.41, 5.74) is -0.271. The maximum atomic E-state index is 13.4. The van der Waals surface area contributed by atoms with Crippen molar-refractivity contribution < 1.29 is 23.2 Å². The molecule has 2 aliphatic heterocycles. The van der Waals surface area contributed by atoms with E-state index in [9.17, 15) is 23.2 Å². The van der Waals surface area contributed by atoms with Gasteiger partial charge in [-0.25, -0.2) is 8.78 Å². The van der Waals surface area contributed by atoms with Crippen molar-refractivity contribution in [1.29, 1.82) is 0 Å². The highest BCUT2D eigenvalue weighted by molar-refractivity contribution is 6.05. The molecule has 128 valence electrons. The molecule has 0 bridgehead atoms. The van der Waals surface area contributed by atoms with E-state index in [0.717, 1.165) is 12.1 Å². The minimum absolute atomic E-state index is 0.0357. The van der Waals surface area contributed by atoms with E-state index in [1.54, 1.807) is 20.8 Å². The summed E-state index contributed by atoms with van der Waals surface area (Å²) in [7, 11) is 0. The van der Waals surface area contributed by atoms with Crippen LogP contribution >= 0.6 is 0 Å². The third-order valence-electron chi connectivity index (χ3n) is 4.41. The summed E-state index contributed by atoms with van der Waals surface area (Å²) < 4.78 is 26.8. The van der Waals surface area contributed by atoms with Gasteiger partial charge in [-0.15, -0.1) is 0 Å². The van der Waals surface area contributed by atoms with Gasteiger partial charge >= 0.3 is 0 Å². The van der Waals surface area contributed by atoms with Crippen molar-refractivity contribution in [3.8, 4) is 0 Å². The molecular weight excluding hydrogens is 318 g/mol. The second kappa shape index (κ2) is 5.36. The highest BCUT2D eigenvalue weighted by Crippen LogP contribution is 2.32. The third kappa shape index (κ3) is 2.48. The second-order valence-corrected chi connectivity index (χ2v) is 7.15. The number of likely N-dealkylation sites (tertiary alicyclic amines) is 1. The van der Waals surface area contributed by atoms with Gasteiger partial charge in [0.05, 0.1) is 0 Å². The maximum absolute atomic E-state index is 13.4. The average Bonchev–Trinajstić information content (AvgIpc) is 2.75. The van der Waals surface area contributed by atoms with Crippen LogP contribution in [-0.4, -0.2) is 39.1 Å². The first-order chi connectivity index (χ1) is 11.1. The van der Waals surface area contributed by atoms with Gasteiger partial charge in [0.2, 0.25) is 5.91 Å². The molecule has 1 aromatic carbocycles. The van der Waals surface area contributed by atoms with E-state index >= 15 is 0 Å². The highest BCUT2D eigenvalue weighted by atomic mass is 19.2. The van der Waals surface area contributed by atoms with Crippen LogP contribution in [0.4, 0.5) is 8.78 Å². The predicted molar refractivity (Wildman–Crippen MR) is 80.9 cm³/mol. The summed E-state index contributed by atoms with van der Waals surface area (Å²) in [4.78, 5) is 39.9. The van der Waals surface area contributed by atoms with Crippen molar-refractivity contribution in [3.63, 3.8) is 0 Å². The van der Waals surface area contributed by atoms with Crippen LogP contribution in [0.2, 0.25) is 0 Å². The quantitative estimate of drug-likeness (QED) is 0.739. The highest BCUT2D eigenvalue weighted by Gasteiger charge is 2.46. The van der Waals surface area contributed by atoms with E-state index in [1.807, 2.05) is 0 Å². The summed E-state index contributed by atoms with van der Waals surface area (Å²) in [5.74, 6) is -3.34. The lowest BCUT2D eigenvalue weighted by Crippen LogP contribution is -2.60. The van der Waals surface area contributed by atoms with Gasteiger partial charge in [0.25, 0.3) is 11.8 Å². The third-order valence-corrected chi connectivity index (χ3v) is 4.41. The second-order valence-electron chi connectivity index (χ2n) is 7.15. The SMILES string of the molecule is CC(C)(C)N1C(=O)CCC(N2Cc3cc(F)c(F)cc3C2=O)C1=O. The number of nitrogens with zero attached hydrogens (tertiary/aromatic N) is 2. The van der Waals surface area contributed by atoms with Crippen molar-refractivity contribution in [3.05, 3.63) is 34.9 Å². The molecule has 24 heavy (non-hydrogen) atoms. The molecule has 3 rings (SSSR count). The zero-order valence-corrected chi connectivity index (χ0v) is 13.7. The van der Waals surface area contributed by atoms with Crippen molar-refractivity contribution in [2.75, 3.05) is 0 Å². The fourth-order valence-corrected chi connectivity index (χ4v) is 3.34. The molecule has 0 spiro atoms. The Bertz CT molecular complexity index is 755. The Hall–Kier alpha value is -2.31. The molecule has 1 unspecified atom stereocenters. The van der Waals surface area contributed by atoms with Crippen LogP contribution in [0.3, 0.4) is 0 Å². The van der Waals surface area contributed by atoms with Crippen molar-refractivity contribution >= 4 is 17.7 Å². The van der Waals surface area contributed by atoms with Gasteiger partial charge in [0, 0.05) is 24.1 Å². The fraction of sp³-hybridized carbons (Fsp3) is 0.471. The Morgan fingerprint density at radius 1 is 1.08 bits per heavy atom. The smallest absolute Gasteiger partial charge is 0.255 e. The van der Waals surface area contributed by atoms with Crippen molar-refractivity contribution in [2.24, 2.45) is 0 Å². The van der Waals surface area contributed by atoms with Crippen LogP contribution in [0, 0.1) is 11.6 Å². The zero-order chi connectivity index (χ0) is 17.8. The van der Waals surface area contributed by atoms with Gasteiger partial charge in [-0.3, -0.25) is 19.3 Å². The Kier molecular flexibility index (Phi) is 3.69. The molecule has 5 nitrogen and oxygen atoms in total. The van der Waals surface area contributed by atoms with Gasteiger partial charge in [-0.05, 0) is 44.9 Å². The molecule has 1 atom stereocenters. The lowest BCUT2D eigenvalue weighted by molar-refractivity contribution is -0.158.